The summed E-state index contributed by atoms with van der Waals surface area (Å²) in [5.41, 5.74) is 5.51. The maximum absolute atomic E-state index is 11.4. The third-order valence-electron chi connectivity index (χ3n) is 1.86. The molecular weight excluding hydrogens is 150 g/mol. The average molecular weight is 171 g/mol. The minimum Gasteiger partial charge on any atom is -0.330 e. The largest absolute Gasteiger partial charge is 0.330 e. The molecule has 0 bridgehead atoms. The maximum atomic E-state index is 11.4. The summed E-state index contributed by atoms with van der Waals surface area (Å²) in [5, 5.41) is 0. The Hall–Kier alpha value is -0.370. The number of Topliss-reactive ketones (excluding diaryl/α,β-unsaturated/α-hetero) is 1. The molecule has 0 fully saturated rings. The lowest BCUT2D eigenvalue weighted by atomic mass is 9.85. The molecule has 0 saturated carbocycles. The second-order valence-electron chi connectivity index (χ2n) is 4.68. The van der Waals surface area contributed by atoms with Crippen LogP contribution in [-0.4, -0.2) is 12.3 Å². The summed E-state index contributed by atoms with van der Waals surface area (Å²) in [6, 6.07) is 0. The van der Waals surface area contributed by atoms with Crippen LogP contribution in [0.1, 0.15) is 40.5 Å². The Kier molecular flexibility index (Phi) is 4.46. The van der Waals surface area contributed by atoms with Gasteiger partial charge in [-0.05, 0) is 17.9 Å². The van der Waals surface area contributed by atoms with E-state index < -0.39 is 0 Å². The van der Waals surface area contributed by atoms with Gasteiger partial charge in [0.1, 0.15) is 5.78 Å². The van der Waals surface area contributed by atoms with E-state index in [1.807, 2.05) is 13.8 Å². The Bertz CT molecular complexity index is 150. The van der Waals surface area contributed by atoms with E-state index in [0.717, 1.165) is 0 Å². The molecule has 0 unspecified atom stereocenters. The Labute approximate surface area is 75.5 Å². The Morgan fingerprint density at radius 3 is 2.25 bits per heavy atom. The van der Waals surface area contributed by atoms with Gasteiger partial charge in [-0.25, -0.2) is 0 Å². The quantitative estimate of drug-likeness (QED) is 0.687. The SMILES string of the molecule is CC(C)CC(=O)CC(C)(C)CN. The molecule has 0 atom stereocenters. The van der Waals surface area contributed by atoms with E-state index in [-0.39, 0.29) is 5.41 Å². The van der Waals surface area contributed by atoms with Gasteiger partial charge in [0.2, 0.25) is 0 Å². The van der Waals surface area contributed by atoms with Gasteiger partial charge < -0.3 is 5.73 Å². The molecule has 0 amide bonds. The van der Waals surface area contributed by atoms with Gasteiger partial charge in [0.15, 0.2) is 0 Å². The number of carbonyl (C=O) groups is 1. The first kappa shape index (κ1) is 11.6. The second-order valence-corrected chi connectivity index (χ2v) is 4.68. The van der Waals surface area contributed by atoms with Gasteiger partial charge in [-0.1, -0.05) is 27.7 Å². The predicted molar refractivity (Wildman–Crippen MR) is 51.9 cm³/mol. The molecule has 2 heteroatoms. The van der Waals surface area contributed by atoms with Crippen LogP contribution in [0.5, 0.6) is 0 Å². The van der Waals surface area contributed by atoms with Crippen LogP contribution in [0, 0.1) is 11.3 Å². The first-order chi connectivity index (χ1) is 5.37. The first-order valence-electron chi connectivity index (χ1n) is 4.59. The lowest BCUT2D eigenvalue weighted by Crippen LogP contribution is -2.27. The van der Waals surface area contributed by atoms with E-state index in [2.05, 4.69) is 13.8 Å². The fraction of sp³-hybridized carbons (Fsp3) is 0.900. The molecule has 0 aliphatic heterocycles. The molecule has 0 aromatic rings. The molecule has 2 N–H and O–H groups in total. The summed E-state index contributed by atoms with van der Waals surface area (Å²) in [4.78, 5) is 11.4. The minimum absolute atomic E-state index is 0.0219. The summed E-state index contributed by atoms with van der Waals surface area (Å²) in [6.07, 6.45) is 1.30. The van der Waals surface area contributed by atoms with Crippen molar-refractivity contribution in [3.8, 4) is 0 Å². The lowest BCUT2D eigenvalue weighted by Gasteiger charge is -2.21. The third kappa shape index (κ3) is 5.30. The molecule has 2 nitrogen and oxygen atoms in total. The molecule has 0 rings (SSSR count). The van der Waals surface area contributed by atoms with Gasteiger partial charge in [-0.2, -0.15) is 0 Å². The standard InChI is InChI=1S/C10H21NO/c1-8(2)5-9(12)6-10(3,4)7-11/h8H,5-7,11H2,1-4H3. The maximum Gasteiger partial charge on any atom is 0.133 e. The number of hydrogen-bond donors (Lipinski definition) is 1. The molecule has 0 aromatic heterocycles. The van der Waals surface area contributed by atoms with Crippen LogP contribution in [0.3, 0.4) is 0 Å². The van der Waals surface area contributed by atoms with Crippen molar-refractivity contribution in [1.29, 1.82) is 0 Å². The summed E-state index contributed by atoms with van der Waals surface area (Å²) >= 11 is 0. The summed E-state index contributed by atoms with van der Waals surface area (Å²) in [7, 11) is 0. The van der Waals surface area contributed by atoms with Crippen LogP contribution in [-0.2, 0) is 4.79 Å². The number of hydrogen-bond acceptors (Lipinski definition) is 2. The van der Waals surface area contributed by atoms with Gasteiger partial charge in [0.25, 0.3) is 0 Å². The van der Waals surface area contributed by atoms with Crippen LogP contribution >= 0.6 is 0 Å². The molecule has 0 aliphatic carbocycles. The fourth-order valence-corrected chi connectivity index (χ4v) is 1.13. The van der Waals surface area contributed by atoms with Gasteiger partial charge in [-0.3, -0.25) is 4.79 Å². The van der Waals surface area contributed by atoms with Crippen molar-refractivity contribution in [1.82, 2.24) is 0 Å². The van der Waals surface area contributed by atoms with Gasteiger partial charge >= 0.3 is 0 Å². The summed E-state index contributed by atoms with van der Waals surface area (Å²) in [6.45, 7) is 8.77. The van der Waals surface area contributed by atoms with Crippen molar-refractivity contribution in [2.45, 2.75) is 40.5 Å². The first-order valence-corrected chi connectivity index (χ1v) is 4.59. The number of carbonyl (C=O) groups excluding carboxylic acids is 1. The highest BCUT2D eigenvalue weighted by Gasteiger charge is 2.20. The molecule has 72 valence electrons. The van der Waals surface area contributed by atoms with Crippen LogP contribution < -0.4 is 5.73 Å². The zero-order valence-corrected chi connectivity index (χ0v) is 8.68. The van der Waals surface area contributed by atoms with E-state index in [4.69, 9.17) is 5.73 Å². The normalized spacial score (nSPS) is 12.2. The van der Waals surface area contributed by atoms with Crippen molar-refractivity contribution in [2.75, 3.05) is 6.54 Å². The van der Waals surface area contributed by atoms with E-state index in [0.29, 0.717) is 31.1 Å². The molecule has 0 spiro atoms. The monoisotopic (exact) mass is 171 g/mol. The van der Waals surface area contributed by atoms with Crippen LogP contribution in [0.25, 0.3) is 0 Å². The van der Waals surface area contributed by atoms with Gasteiger partial charge in [0, 0.05) is 12.8 Å². The zero-order chi connectivity index (χ0) is 9.78. The third-order valence-corrected chi connectivity index (χ3v) is 1.86. The molecule has 0 saturated heterocycles. The predicted octanol–water partition coefficient (Wildman–Crippen LogP) is 1.98. The van der Waals surface area contributed by atoms with Crippen LogP contribution in [0.2, 0.25) is 0 Å². The van der Waals surface area contributed by atoms with Crippen molar-refractivity contribution in [3.05, 3.63) is 0 Å². The Morgan fingerprint density at radius 1 is 1.42 bits per heavy atom. The van der Waals surface area contributed by atoms with Crippen LogP contribution in [0.15, 0.2) is 0 Å². The highest BCUT2D eigenvalue weighted by molar-refractivity contribution is 5.79. The molecule has 12 heavy (non-hydrogen) atoms. The van der Waals surface area contributed by atoms with Crippen molar-refractivity contribution >= 4 is 5.78 Å². The Balaban J connectivity index is 3.84. The summed E-state index contributed by atoms with van der Waals surface area (Å²) in [5.74, 6) is 0.798. The lowest BCUT2D eigenvalue weighted by molar-refractivity contribution is -0.121. The molecule has 0 aromatic carbocycles. The molecule has 0 radical (unpaired) electrons. The smallest absolute Gasteiger partial charge is 0.133 e. The highest BCUT2D eigenvalue weighted by atomic mass is 16.1. The minimum atomic E-state index is -0.0219. The highest BCUT2D eigenvalue weighted by Crippen LogP contribution is 2.20. The molecular formula is C10H21NO. The number of ketones is 1. The number of nitrogens with two attached hydrogens (primary N) is 1. The second kappa shape index (κ2) is 4.61. The van der Waals surface area contributed by atoms with Crippen molar-refractivity contribution in [2.24, 2.45) is 17.1 Å². The van der Waals surface area contributed by atoms with E-state index in [9.17, 15) is 4.79 Å². The van der Waals surface area contributed by atoms with Gasteiger partial charge in [0.05, 0.1) is 0 Å². The van der Waals surface area contributed by atoms with E-state index in [1.54, 1.807) is 0 Å². The Morgan fingerprint density at radius 2 is 1.92 bits per heavy atom. The summed E-state index contributed by atoms with van der Waals surface area (Å²) < 4.78 is 0. The van der Waals surface area contributed by atoms with Crippen molar-refractivity contribution < 1.29 is 4.79 Å². The zero-order valence-electron chi connectivity index (χ0n) is 8.68. The van der Waals surface area contributed by atoms with Crippen LogP contribution in [0.4, 0.5) is 0 Å². The van der Waals surface area contributed by atoms with E-state index >= 15 is 0 Å². The van der Waals surface area contributed by atoms with Gasteiger partial charge in [-0.15, -0.1) is 0 Å². The van der Waals surface area contributed by atoms with Crippen molar-refractivity contribution in [3.63, 3.8) is 0 Å². The average Bonchev–Trinajstić information content (AvgIpc) is 1.84. The molecule has 0 aliphatic rings. The topological polar surface area (TPSA) is 43.1 Å². The number of rotatable bonds is 5. The fourth-order valence-electron chi connectivity index (χ4n) is 1.13. The van der Waals surface area contributed by atoms with E-state index in [1.165, 1.54) is 0 Å². The molecule has 0 heterocycles.